The fourth-order valence-corrected chi connectivity index (χ4v) is 2.31. The lowest BCUT2D eigenvalue weighted by Gasteiger charge is -2.31. The fourth-order valence-electron chi connectivity index (χ4n) is 2.31. The minimum Gasteiger partial charge on any atom is -0.445 e. The van der Waals surface area contributed by atoms with E-state index in [1.165, 1.54) is 0 Å². The number of hydrogen-bond acceptors (Lipinski definition) is 3. The molecular formula is C15H18N4O3. The third-order valence-electron chi connectivity index (χ3n) is 3.48. The Labute approximate surface area is 128 Å². The summed E-state index contributed by atoms with van der Waals surface area (Å²) in [7, 11) is 0. The highest BCUT2D eigenvalue weighted by atomic mass is 16.6. The van der Waals surface area contributed by atoms with E-state index in [0.29, 0.717) is 25.9 Å². The van der Waals surface area contributed by atoms with Gasteiger partial charge in [0.15, 0.2) is 0 Å². The van der Waals surface area contributed by atoms with Crippen molar-refractivity contribution in [3.05, 3.63) is 41.4 Å². The highest BCUT2D eigenvalue weighted by Gasteiger charge is 2.24. The van der Waals surface area contributed by atoms with E-state index in [2.05, 4.69) is 10.1 Å². The number of hydrogen-bond donors (Lipinski definition) is 1. The summed E-state index contributed by atoms with van der Waals surface area (Å²) in [4.78, 5) is 27.5. The van der Waals surface area contributed by atoms with E-state index in [1.807, 2.05) is 30.3 Å². The first-order valence-electron chi connectivity index (χ1n) is 7.12. The summed E-state index contributed by atoms with van der Waals surface area (Å²) in [5.41, 5.74) is 9.22. The van der Waals surface area contributed by atoms with Crippen LogP contribution in [0.15, 0.2) is 30.3 Å². The van der Waals surface area contributed by atoms with Crippen LogP contribution in [0, 0.1) is 0 Å². The molecule has 116 valence electrons. The summed E-state index contributed by atoms with van der Waals surface area (Å²) in [6.45, 7) is 1.30. The van der Waals surface area contributed by atoms with Crippen LogP contribution in [0.3, 0.4) is 0 Å². The second-order valence-corrected chi connectivity index (χ2v) is 5.05. The predicted molar refractivity (Wildman–Crippen MR) is 79.0 cm³/mol. The molecule has 1 fully saturated rings. The maximum Gasteiger partial charge on any atom is 0.410 e. The number of ether oxygens (including phenoxy) is 1. The lowest BCUT2D eigenvalue weighted by molar-refractivity contribution is -0.118. The number of benzene rings is 1. The summed E-state index contributed by atoms with van der Waals surface area (Å²) < 4.78 is 5.27. The van der Waals surface area contributed by atoms with E-state index in [1.54, 1.807) is 4.90 Å². The molecule has 1 heterocycles. The maximum absolute atomic E-state index is 12.0. The van der Waals surface area contributed by atoms with Crippen LogP contribution in [0.2, 0.25) is 0 Å². The minimum atomic E-state index is -0.437. The molecule has 7 nitrogen and oxygen atoms in total. The van der Waals surface area contributed by atoms with Crippen molar-refractivity contribution in [1.82, 2.24) is 10.2 Å². The number of amides is 2. The van der Waals surface area contributed by atoms with Crippen molar-refractivity contribution in [3.8, 4) is 0 Å². The van der Waals surface area contributed by atoms with E-state index in [-0.39, 0.29) is 18.7 Å². The second-order valence-electron chi connectivity index (χ2n) is 5.05. The normalized spacial score (nSPS) is 14.8. The third kappa shape index (κ3) is 4.71. The van der Waals surface area contributed by atoms with Gasteiger partial charge >= 0.3 is 18.2 Å². The van der Waals surface area contributed by atoms with Gasteiger partial charge in [-0.15, -0.1) is 0 Å². The summed E-state index contributed by atoms with van der Waals surface area (Å²) >= 11 is 0. The summed E-state index contributed by atoms with van der Waals surface area (Å²) in [5, 5.41) is 2.71. The van der Waals surface area contributed by atoms with Gasteiger partial charge in [-0.3, -0.25) is 4.79 Å². The van der Waals surface area contributed by atoms with Gasteiger partial charge in [0, 0.05) is 19.1 Å². The van der Waals surface area contributed by atoms with Crippen LogP contribution in [0.25, 0.3) is 5.53 Å². The van der Waals surface area contributed by atoms with Gasteiger partial charge in [-0.1, -0.05) is 30.3 Å². The van der Waals surface area contributed by atoms with Gasteiger partial charge in [0.1, 0.15) is 6.61 Å². The van der Waals surface area contributed by atoms with E-state index in [0.717, 1.165) is 11.8 Å². The van der Waals surface area contributed by atoms with Gasteiger partial charge in [-0.25, -0.2) is 4.79 Å². The van der Waals surface area contributed by atoms with Gasteiger partial charge in [0.2, 0.25) is 0 Å². The average molecular weight is 302 g/mol. The average Bonchev–Trinajstić information content (AvgIpc) is 2.54. The Bertz CT molecular complexity index is 561. The van der Waals surface area contributed by atoms with Crippen molar-refractivity contribution in [1.29, 1.82) is 0 Å². The quantitative estimate of drug-likeness (QED) is 0.514. The van der Waals surface area contributed by atoms with E-state index in [4.69, 9.17) is 10.3 Å². The Hall–Kier alpha value is -2.66. The van der Waals surface area contributed by atoms with Crippen molar-refractivity contribution >= 4 is 18.2 Å². The maximum atomic E-state index is 12.0. The summed E-state index contributed by atoms with van der Waals surface area (Å²) in [5.74, 6) is -0.437. The molecule has 1 aliphatic heterocycles. The molecule has 0 bridgehead atoms. The van der Waals surface area contributed by atoms with Crippen molar-refractivity contribution in [3.63, 3.8) is 0 Å². The molecule has 1 aromatic carbocycles. The number of likely N-dealkylation sites (tertiary alicyclic amines) is 1. The van der Waals surface area contributed by atoms with Crippen LogP contribution in [0.1, 0.15) is 18.4 Å². The molecule has 22 heavy (non-hydrogen) atoms. The van der Waals surface area contributed by atoms with Crippen LogP contribution in [0.5, 0.6) is 0 Å². The first-order chi connectivity index (χ1) is 10.7. The molecule has 0 atom stereocenters. The van der Waals surface area contributed by atoms with Crippen molar-refractivity contribution in [2.75, 3.05) is 13.1 Å². The fraction of sp³-hybridized carbons (Fsp3) is 0.400. The SMILES string of the molecule is [N-]=[N+]=CC(=O)NC1CCN(C(=O)OCc2ccccc2)CC1. The van der Waals surface area contributed by atoms with Crippen LogP contribution in [-0.2, 0) is 16.1 Å². The number of piperidine rings is 1. The van der Waals surface area contributed by atoms with E-state index < -0.39 is 5.91 Å². The minimum absolute atomic E-state index is 0.0244. The number of carbonyl (C=O) groups excluding carboxylic acids is 2. The Kier molecular flexibility index (Phi) is 5.68. The zero-order chi connectivity index (χ0) is 15.8. The molecule has 0 spiro atoms. The zero-order valence-corrected chi connectivity index (χ0v) is 12.1. The van der Waals surface area contributed by atoms with Crippen LogP contribution in [0.4, 0.5) is 4.79 Å². The highest BCUT2D eigenvalue weighted by Crippen LogP contribution is 2.12. The van der Waals surface area contributed by atoms with E-state index >= 15 is 0 Å². The summed E-state index contributed by atoms with van der Waals surface area (Å²) in [6, 6.07) is 9.48. The smallest absolute Gasteiger partial charge is 0.410 e. The van der Waals surface area contributed by atoms with E-state index in [9.17, 15) is 9.59 Å². The van der Waals surface area contributed by atoms with Crippen molar-refractivity contribution < 1.29 is 19.1 Å². The van der Waals surface area contributed by atoms with Crippen LogP contribution >= 0.6 is 0 Å². The molecule has 2 amide bonds. The highest BCUT2D eigenvalue weighted by molar-refractivity contribution is 6.23. The van der Waals surface area contributed by atoms with Crippen LogP contribution in [-0.4, -0.2) is 47.0 Å². The van der Waals surface area contributed by atoms with Crippen molar-refractivity contribution in [2.24, 2.45) is 0 Å². The van der Waals surface area contributed by atoms with Gasteiger partial charge < -0.3 is 20.5 Å². The standard InChI is InChI=1S/C15H18N4O3/c16-17-10-14(20)18-13-6-8-19(9-7-13)15(21)22-11-12-4-2-1-3-5-12/h1-5,10,13H,6-9,11H2,(H,18,20). The number of carbonyl (C=O) groups is 2. The molecule has 1 saturated heterocycles. The third-order valence-corrected chi connectivity index (χ3v) is 3.48. The molecule has 1 N–H and O–H groups in total. The summed E-state index contributed by atoms with van der Waals surface area (Å²) in [6.07, 6.45) is 1.77. The Morgan fingerprint density at radius 1 is 1.32 bits per heavy atom. The molecule has 1 aromatic rings. The molecule has 0 aromatic heterocycles. The zero-order valence-electron chi connectivity index (χ0n) is 12.1. The molecule has 1 aliphatic rings. The second kappa shape index (κ2) is 7.95. The lowest BCUT2D eigenvalue weighted by atomic mass is 10.1. The lowest BCUT2D eigenvalue weighted by Crippen LogP contribution is -2.47. The number of nitrogens with one attached hydrogen (secondary N) is 1. The molecule has 0 aliphatic carbocycles. The molecule has 0 unspecified atom stereocenters. The molecular weight excluding hydrogens is 284 g/mol. The van der Waals surface area contributed by atoms with Gasteiger partial charge in [-0.2, -0.15) is 4.79 Å². The Balaban J connectivity index is 1.73. The van der Waals surface area contributed by atoms with Gasteiger partial charge in [0.25, 0.3) is 0 Å². The first-order valence-corrected chi connectivity index (χ1v) is 7.12. The number of nitrogens with zero attached hydrogens (tertiary/aromatic N) is 3. The Morgan fingerprint density at radius 3 is 2.64 bits per heavy atom. The topological polar surface area (TPSA) is 95.0 Å². The molecule has 0 radical (unpaired) electrons. The van der Waals surface area contributed by atoms with Crippen LogP contribution < -0.4 is 5.32 Å². The first kappa shape index (κ1) is 15.7. The molecule has 2 rings (SSSR count). The van der Waals surface area contributed by atoms with Gasteiger partial charge in [0.05, 0.1) is 0 Å². The largest absolute Gasteiger partial charge is 0.445 e. The molecule has 0 saturated carbocycles. The molecule has 7 heteroatoms. The predicted octanol–water partition coefficient (Wildman–Crippen LogP) is 1.20. The number of rotatable bonds is 4. The van der Waals surface area contributed by atoms with Gasteiger partial charge in [-0.05, 0) is 18.4 Å². The Morgan fingerprint density at radius 2 is 2.00 bits per heavy atom. The van der Waals surface area contributed by atoms with Crippen molar-refractivity contribution in [2.45, 2.75) is 25.5 Å². The monoisotopic (exact) mass is 302 g/mol.